The number of carboxylic acid groups (broad SMARTS) is 1. The summed E-state index contributed by atoms with van der Waals surface area (Å²) < 4.78 is 0. The van der Waals surface area contributed by atoms with Crippen LogP contribution < -0.4 is 4.90 Å². The van der Waals surface area contributed by atoms with Crippen LogP contribution in [0.2, 0.25) is 0 Å². The summed E-state index contributed by atoms with van der Waals surface area (Å²) in [4.78, 5) is 26.4. The quantitative estimate of drug-likeness (QED) is 0.921. The van der Waals surface area contributed by atoms with Crippen LogP contribution in [0.15, 0.2) is 18.2 Å². The average molecular weight is 276 g/mol. The summed E-state index contributed by atoms with van der Waals surface area (Å²) in [6, 6.07) is 5.82. The number of amides is 2. The second kappa shape index (κ2) is 5.94. The van der Waals surface area contributed by atoms with Crippen molar-refractivity contribution in [2.24, 2.45) is 0 Å². The first-order chi connectivity index (χ1) is 9.52. The van der Waals surface area contributed by atoms with Crippen molar-refractivity contribution in [2.45, 2.75) is 26.7 Å². The van der Waals surface area contributed by atoms with Crippen LogP contribution >= 0.6 is 0 Å². The molecular weight excluding hydrogens is 256 g/mol. The maximum absolute atomic E-state index is 12.5. The van der Waals surface area contributed by atoms with Gasteiger partial charge in [-0.2, -0.15) is 0 Å². The molecule has 0 atom stereocenters. The van der Waals surface area contributed by atoms with Gasteiger partial charge in [-0.05, 0) is 38.3 Å². The number of anilines is 1. The molecule has 0 saturated carbocycles. The van der Waals surface area contributed by atoms with E-state index in [0.29, 0.717) is 13.1 Å². The van der Waals surface area contributed by atoms with Crippen LogP contribution in [-0.2, 0) is 11.2 Å². The molecule has 1 heterocycles. The standard InChI is InChI=1S/C15H20N2O3/c1-3-16(10-14(18)19)15(20)17-8-4-5-12-9-11(2)6-7-13(12)17/h6-7,9H,3-5,8,10H2,1-2H3,(H,18,19). The Hall–Kier alpha value is -2.04. The number of hydrogen-bond acceptors (Lipinski definition) is 2. The maximum Gasteiger partial charge on any atom is 0.325 e. The van der Waals surface area contributed by atoms with Crippen LogP contribution in [0, 0.1) is 6.92 Å². The van der Waals surface area contributed by atoms with Crippen LogP contribution in [0.3, 0.4) is 0 Å². The summed E-state index contributed by atoms with van der Waals surface area (Å²) in [5.41, 5.74) is 3.25. The SMILES string of the molecule is CCN(CC(=O)O)C(=O)N1CCCc2cc(C)ccc21. The molecular formula is C15H20N2O3. The molecule has 1 aromatic rings. The van der Waals surface area contributed by atoms with Gasteiger partial charge in [0.25, 0.3) is 0 Å². The van der Waals surface area contributed by atoms with Crippen LogP contribution in [0.25, 0.3) is 0 Å². The van der Waals surface area contributed by atoms with E-state index in [0.717, 1.165) is 24.1 Å². The van der Waals surface area contributed by atoms with E-state index in [1.165, 1.54) is 10.5 Å². The fourth-order valence-electron chi connectivity index (χ4n) is 2.57. The molecule has 5 heteroatoms. The zero-order chi connectivity index (χ0) is 14.7. The summed E-state index contributed by atoms with van der Waals surface area (Å²) in [5.74, 6) is -0.985. The number of likely N-dealkylation sites (N-methyl/N-ethyl adjacent to an activating group) is 1. The molecule has 20 heavy (non-hydrogen) atoms. The van der Waals surface area contributed by atoms with Gasteiger partial charge in [0.1, 0.15) is 6.54 Å². The van der Waals surface area contributed by atoms with Gasteiger partial charge in [-0.3, -0.25) is 9.69 Å². The predicted molar refractivity (Wildman–Crippen MR) is 77.1 cm³/mol. The topological polar surface area (TPSA) is 60.9 Å². The Morgan fingerprint density at radius 2 is 2.15 bits per heavy atom. The molecule has 2 amide bonds. The zero-order valence-electron chi connectivity index (χ0n) is 11.9. The van der Waals surface area contributed by atoms with E-state index in [2.05, 4.69) is 6.07 Å². The average Bonchev–Trinajstić information content (AvgIpc) is 2.42. The van der Waals surface area contributed by atoms with E-state index in [4.69, 9.17) is 5.11 Å². The summed E-state index contributed by atoms with van der Waals surface area (Å²) in [7, 11) is 0. The molecule has 0 fully saturated rings. The smallest absolute Gasteiger partial charge is 0.325 e. The molecule has 1 aliphatic heterocycles. The number of benzene rings is 1. The van der Waals surface area contributed by atoms with E-state index < -0.39 is 5.97 Å². The molecule has 2 rings (SSSR count). The number of carboxylic acids is 1. The number of hydrogen-bond donors (Lipinski definition) is 1. The Labute approximate surface area is 118 Å². The molecule has 0 radical (unpaired) electrons. The summed E-state index contributed by atoms with van der Waals surface area (Å²) in [6.07, 6.45) is 1.87. The molecule has 108 valence electrons. The van der Waals surface area contributed by atoms with Crippen molar-refractivity contribution in [3.8, 4) is 0 Å². The van der Waals surface area contributed by atoms with Crippen LogP contribution in [-0.4, -0.2) is 41.6 Å². The van der Waals surface area contributed by atoms with E-state index in [1.807, 2.05) is 19.1 Å². The highest BCUT2D eigenvalue weighted by Gasteiger charge is 2.26. The number of carbonyl (C=O) groups is 2. The molecule has 5 nitrogen and oxygen atoms in total. The molecule has 1 aliphatic rings. The van der Waals surface area contributed by atoms with Crippen LogP contribution in [0.5, 0.6) is 0 Å². The third-order valence-corrected chi connectivity index (χ3v) is 3.56. The third-order valence-electron chi connectivity index (χ3n) is 3.56. The Bertz CT molecular complexity index is 528. The van der Waals surface area contributed by atoms with Gasteiger partial charge < -0.3 is 10.0 Å². The first-order valence-electron chi connectivity index (χ1n) is 6.90. The largest absolute Gasteiger partial charge is 0.480 e. The fourth-order valence-corrected chi connectivity index (χ4v) is 2.57. The minimum Gasteiger partial charge on any atom is -0.480 e. The highest BCUT2D eigenvalue weighted by atomic mass is 16.4. The highest BCUT2D eigenvalue weighted by Crippen LogP contribution is 2.28. The number of urea groups is 1. The van der Waals surface area contributed by atoms with Gasteiger partial charge >= 0.3 is 12.0 Å². The van der Waals surface area contributed by atoms with Crippen molar-refractivity contribution in [1.82, 2.24) is 4.90 Å². The summed E-state index contributed by atoms with van der Waals surface area (Å²) in [6.45, 7) is 4.60. The van der Waals surface area contributed by atoms with Crippen molar-refractivity contribution >= 4 is 17.7 Å². The minimum absolute atomic E-state index is 0.222. The van der Waals surface area contributed by atoms with E-state index in [-0.39, 0.29) is 12.6 Å². The first kappa shape index (κ1) is 14.4. The van der Waals surface area contributed by atoms with Crippen molar-refractivity contribution < 1.29 is 14.7 Å². The molecule has 0 aromatic heterocycles. The Balaban J connectivity index is 2.26. The lowest BCUT2D eigenvalue weighted by atomic mass is 10.00. The van der Waals surface area contributed by atoms with E-state index in [9.17, 15) is 9.59 Å². The normalized spacial score (nSPS) is 13.8. The van der Waals surface area contributed by atoms with Crippen molar-refractivity contribution in [3.63, 3.8) is 0 Å². The molecule has 0 bridgehead atoms. The lowest BCUT2D eigenvalue weighted by Gasteiger charge is -2.33. The summed E-state index contributed by atoms with van der Waals surface area (Å²) >= 11 is 0. The molecule has 0 spiro atoms. The van der Waals surface area contributed by atoms with E-state index >= 15 is 0 Å². The Kier molecular flexibility index (Phi) is 4.27. The number of aryl methyl sites for hydroxylation is 2. The van der Waals surface area contributed by atoms with Crippen molar-refractivity contribution in [3.05, 3.63) is 29.3 Å². The summed E-state index contributed by atoms with van der Waals surface area (Å²) in [5, 5.41) is 8.88. The molecule has 0 unspecified atom stereocenters. The number of fused-ring (bicyclic) bond motifs is 1. The second-order valence-corrected chi connectivity index (χ2v) is 5.08. The zero-order valence-corrected chi connectivity index (χ0v) is 11.9. The fraction of sp³-hybridized carbons (Fsp3) is 0.467. The molecule has 0 saturated heterocycles. The van der Waals surface area contributed by atoms with Gasteiger partial charge in [0, 0.05) is 18.8 Å². The van der Waals surface area contributed by atoms with Gasteiger partial charge in [-0.25, -0.2) is 4.79 Å². The second-order valence-electron chi connectivity index (χ2n) is 5.08. The van der Waals surface area contributed by atoms with Crippen LogP contribution in [0.1, 0.15) is 24.5 Å². The molecule has 0 aliphatic carbocycles. The Morgan fingerprint density at radius 3 is 2.80 bits per heavy atom. The number of rotatable bonds is 3. The predicted octanol–water partition coefficient (Wildman–Crippen LogP) is 2.27. The lowest BCUT2D eigenvalue weighted by Crippen LogP contribution is -2.47. The van der Waals surface area contributed by atoms with Gasteiger partial charge in [-0.15, -0.1) is 0 Å². The van der Waals surface area contributed by atoms with Gasteiger partial charge in [0.15, 0.2) is 0 Å². The lowest BCUT2D eigenvalue weighted by molar-refractivity contribution is -0.137. The van der Waals surface area contributed by atoms with E-state index in [1.54, 1.807) is 11.8 Å². The Morgan fingerprint density at radius 1 is 1.40 bits per heavy atom. The van der Waals surface area contributed by atoms with Gasteiger partial charge in [0.2, 0.25) is 0 Å². The molecule has 1 aromatic carbocycles. The highest BCUT2D eigenvalue weighted by molar-refractivity contribution is 5.94. The van der Waals surface area contributed by atoms with Crippen LogP contribution in [0.4, 0.5) is 10.5 Å². The maximum atomic E-state index is 12.5. The number of carbonyl (C=O) groups excluding carboxylic acids is 1. The van der Waals surface area contributed by atoms with Crippen molar-refractivity contribution in [1.29, 1.82) is 0 Å². The van der Waals surface area contributed by atoms with Gasteiger partial charge in [0.05, 0.1) is 0 Å². The number of aliphatic carboxylic acids is 1. The third kappa shape index (κ3) is 2.92. The molecule has 1 N–H and O–H groups in total. The first-order valence-corrected chi connectivity index (χ1v) is 6.90. The number of nitrogens with zero attached hydrogens (tertiary/aromatic N) is 2. The van der Waals surface area contributed by atoms with Gasteiger partial charge in [-0.1, -0.05) is 17.7 Å². The monoisotopic (exact) mass is 276 g/mol. The van der Waals surface area contributed by atoms with Crippen molar-refractivity contribution in [2.75, 3.05) is 24.5 Å². The minimum atomic E-state index is -0.985.